The molecule has 0 amide bonds. The normalized spacial score (nSPS) is 23.2. The Hall–Kier alpha value is -0.890. The summed E-state index contributed by atoms with van der Waals surface area (Å²) in [4.78, 5) is 11.6. The Morgan fingerprint density at radius 1 is 1.46 bits per heavy atom. The van der Waals surface area contributed by atoms with Gasteiger partial charge in [0.05, 0.1) is 0 Å². The monoisotopic (exact) mass is 180 g/mol. The number of rotatable bonds is 3. The number of Topliss-reactive ketones (excluding diaryl/α,β-unsaturated/α-hetero) is 1. The van der Waals surface area contributed by atoms with Gasteiger partial charge in [-0.15, -0.1) is 0 Å². The van der Waals surface area contributed by atoms with Crippen LogP contribution < -0.4 is 0 Å². The van der Waals surface area contributed by atoms with E-state index in [1.54, 1.807) is 0 Å². The summed E-state index contributed by atoms with van der Waals surface area (Å²) in [6.45, 7) is 7.59. The molecule has 0 saturated heterocycles. The van der Waals surface area contributed by atoms with Crippen molar-refractivity contribution in [2.24, 2.45) is 0 Å². The van der Waals surface area contributed by atoms with Crippen LogP contribution in [0.15, 0.2) is 23.3 Å². The number of carbonyl (C=O) groups is 1. The molecular formula is C11H16O2. The van der Waals surface area contributed by atoms with Crippen molar-refractivity contribution in [1.29, 1.82) is 0 Å². The van der Waals surface area contributed by atoms with Crippen molar-refractivity contribution in [2.75, 3.05) is 0 Å². The van der Waals surface area contributed by atoms with Gasteiger partial charge in [-0.05, 0) is 18.4 Å². The van der Waals surface area contributed by atoms with Gasteiger partial charge in [0.25, 0.3) is 0 Å². The molecule has 72 valence electrons. The molecular weight excluding hydrogens is 164 g/mol. The molecule has 2 nitrogen and oxygen atoms in total. The average molecular weight is 180 g/mol. The number of hydrogen-bond acceptors (Lipinski definition) is 2. The maximum atomic E-state index is 11.6. The summed E-state index contributed by atoms with van der Waals surface area (Å²) in [6.07, 6.45) is 1.73. The molecule has 1 aliphatic rings. The summed E-state index contributed by atoms with van der Waals surface area (Å²) in [5, 5.41) is 9.65. The summed E-state index contributed by atoms with van der Waals surface area (Å²) in [6, 6.07) is 0. The van der Waals surface area contributed by atoms with Gasteiger partial charge in [-0.25, -0.2) is 0 Å². The lowest BCUT2D eigenvalue weighted by molar-refractivity contribution is -0.112. The highest BCUT2D eigenvalue weighted by molar-refractivity contribution is 6.12. The lowest BCUT2D eigenvalue weighted by atomic mass is 10.0. The van der Waals surface area contributed by atoms with Crippen molar-refractivity contribution in [3.63, 3.8) is 0 Å². The van der Waals surface area contributed by atoms with Crippen LogP contribution in [0, 0.1) is 0 Å². The fourth-order valence-electron chi connectivity index (χ4n) is 1.77. The summed E-state index contributed by atoms with van der Waals surface area (Å²) in [5.41, 5.74) is 2.01. The van der Waals surface area contributed by atoms with Crippen molar-refractivity contribution in [3.8, 4) is 0 Å². The van der Waals surface area contributed by atoms with Gasteiger partial charge in [0.2, 0.25) is 0 Å². The van der Waals surface area contributed by atoms with Crippen molar-refractivity contribution in [2.45, 2.75) is 39.2 Å². The van der Waals surface area contributed by atoms with Gasteiger partial charge in [0.1, 0.15) is 6.10 Å². The van der Waals surface area contributed by atoms with Gasteiger partial charge in [-0.1, -0.05) is 26.8 Å². The Balaban J connectivity index is 3.01. The van der Waals surface area contributed by atoms with E-state index in [4.69, 9.17) is 0 Å². The number of ketones is 1. The van der Waals surface area contributed by atoms with E-state index in [9.17, 15) is 9.90 Å². The Bertz CT molecular complexity index is 274. The molecule has 0 bridgehead atoms. The topological polar surface area (TPSA) is 37.3 Å². The zero-order chi connectivity index (χ0) is 10.0. The number of aliphatic hydroxyl groups excluding tert-OH is 1. The zero-order valence-corrected chi connectivity index (χ0v) is 8.26. The van der Waals surface area contributed by atoms with E-state index in [0.717, 1.165) is 30.4 Å². The first-order valence-corrected chi connectivity index (χ1v) is 4.76. The van der Waals surface area contributed by atoms with Gasteiger partial charge < -0.3 is 5.11 Å². The van der Waals surface area contributed by atoms with Crippen LogP contribution in [0.1, 0.15) is 33.1 Å². The van der Waals surface area contributed by atoms with Crippen LogP contribution in [0.25, 0.3) is 0 Å². The Labute approximate surface area is 79.0 Å². The minimum absolute atomic E-state index is 0.0359. The second kappa shape index (κ2) is 3.88. The van der Waals surface area contributed by atoms with Crippen LogP contribution in [0.5, 0.6) is 0 Å². The van der Waals surface area contributed by atoms with E-state index < -0.39 is 6.10 Å². The Morgan fingerprint density at radius 3 is 2.54 bits per heavy atom. The van der Waals surface area contributed by atoms with Gasteiger partial charge in [-0.2, -0.15) is 0 Å². The van der Waals surface area contributed by atoms with Crippen LogP contribution in [0.4, 0.5) is 0 Å². The third kappa shape index (κ3) is 1.59. The second-order valence-electron chi connectivity index (χ2n) is 3.36. The van der Waals surface area contributed by atoms with Crippen LogP contribution in [-0.4, -0.2) is 17.0 Å². The first kappa shape index (κ1) is 10.2. The molecule has 1 aliphatic carbocycles. The van der Waals surface area contributed by atoms with Crippen LogP contribution in [-0.2, 0) is 4.79 Å². The summed E-state index contributed by atoms with van der Waals surface area (Å²) < 4.78 is 0. The summed E-state index contributed by atoms with van der Waals surface area (Å²) in [7, 11) is 0. The first-order valence-electron chi connectivity index (χ1n) is 4.76. The zero-order valence-electron chi connectivity index (χ0n) is 8.26. The van der Waals surface area contributed by atoms with Gasteiger partial charge in [0, 0.05) is 11.1 Å². The number of aliphatic hydroxyl groups is 1. The predicted molar refractivity (Wildman–Crippen MR) is 52.4 cm³/mol. The highest BCUT2D eigenvalue weighted by Gasteiger charge is 2.32. The molecule has 1 atom stereocenters. The highest BCUT2D eigenvalue weighted by atomic mass is 16.3. The molecule has 1 N–H and O–H groups in total. The quantitative estimate of drug-likeness (QED) is 0.674. The molecule has 0 fully saturated rings. The van der Waals surface area contributed by atoms with Gasteiger partial charge >= 0.3 is 0 Å². The molecule has 0 heterocycles. The minimum atomic E-state index is -0.709. The molecule has 0 radical (unpaired) electrons. The average Bonchev–Trinajstić information content (AvgIpc) is 2.32. The minimum Gasteiger partial charge on any atom is -0.384 e. The van der Waals surface area contributed by atoms with Crippen LogP contribution >= 0.6 is 0 Å². The van der Waals surface area contributed by atoms with Crippen LogP contribution in [0.2, 0.25) is 0 Å². The number of allylic oxidation sites excluding steroid dienone is 1. The lowest BCUT2D eigenvalue weighted by Gasteiger charge is -2.05. The predicted octanol–water partition coefficient (Wildman–Crippen LogP) is 1.99. The fraction of sp³-hybridized carbons (Fsp3) is 0.545. The van der Waals surface area contributed by atoms with Crippen LogP contribution in [0.3, 0.4) is 0 Å². The van der Waals surface area contributed by atoms with E-state index >= 15 is 0 Å². The third-order valence-corrected chi connectivity index (χ3v) is 2.49. The first-order chi connectivity index (χ1) is 6.13. The second-order valence-corrected chi connectivity index (χ2v) is 3.36. The molecule has 0 aromatic rings. The largest absolute Gasteiger partial charge is 0.384 e. The van der Waals surface area contributed by atoms with Gasteiger partial charge in [0.15, 0.2) is 5.78 Å². The molecule has 0 aliphatic heterocycles. The van der Waals surface area contributed by atoms with E-state index in [0.29, 0.717) is 5.57 Å². The standard InChI is InChI=1S/C11H16O2/c1-4-6-9-8(5-2)10(12)7(3)11(9)13/h10,12H,3-6H2,1-2H3/t10-/m1/s1. The smallest absolute Gasteiger partial charge is 0.187 e. The molecule has 0 aromatic carbocycles. The molecule has 1 rings (SSSR count). The van der Waals surface area contributed by atoms with E-state index in [2.05, 4.69) is 6.58 Å². The SMILES string of the molecule is C=C1C(=O)C(CCC)=C(CC)[C@@H]1O. The Morgan fingerprint density at radius 2 is 2.08 bits per heavy atom. The Kier molecular flexibility index (Phi) is 3.04. The fourth-order valence-corrected chi connectivity index (χ4v) is 1.77. The molecule has 0 saturated carbocycles. The molecule has 13 heavy (non-hydrogen) atoms. The van der Waals surface area contributed by atoms with Crippen molar-refractivity contribution < 1.29 is 9.90 Å². The maximum Gasteiger partial charge on any atom is 0.187 e. The summed E-state index contributed by atoms with van der Waals surface area (Å²) >= 11 is 0. The third-order valence-electron chi connectivity index (χ3n) is 2.49. The number of hydrogen-bond donors (Lipinski definition) is 1. The van der Waals surface area contributed by atoms with Crippen molar-refractivity contribution in [1.82, 2.24) is 0 Å². The summed E-state index contributed by atoms with van der Waals surface area (Å²) in [5.74, 6) is -0.0359. The van der Waals surface area contributed by atoms with E-state index in [1.807, 2.05) is 13.8 Å². The van der Waals surface area contributed by atoms with Gasteiger partial charge in [-0.3, -0.25) is 4.79 Å². The molecule has 0 aromatic heterocycles. The van der Waals surface area contributed by atoms with E-state index in [-0.39, 0.29) is 5.78 Å². The lowest BCUT2D eigenvalue weighted by Crippen LogP contribution is -2.09. The highest BCUT2D eigenvalue weighted by Crippen LogP contribution is 2.31. The molecule has 0 spiro atoms. The van der Waals surface area contributed by atoms with Crippen molar-refractivity contribution >= 4 is 5.78 Å². The maximum absolute atomic E-state index is 11.6. The number of carbonyl (C=O) groups excluding carboxylic acids is 1. The molecule has 0 unspecified atom stereocenters. The molecule has 2 heteroatoms. The van der Waals surface area contributed by atoms with E-state index in [1.165, 1.54) is 0 Å². The van der Waals surface area contributed by atoms with Crippen molar-refractivity contribution in [3.05, 3.63) is 23.3 Å².